The highest BCUT2D eigenvalue weighted by Crippen LogP contribution is 2.41. The molecular formula is C50H44. The molecule has 5 aromatic rings. The quantitative estimate of drug-likeness (QED) is 0.133. The van der Waals surface area contributed by atoms with Gasteiger partial charge in [-0.15, -0.1) is 0 Å². The van der Waals surface area contributed by atoms with E-state index in [-0.39, 0.29) is 0 Å². The Labute approximate surface area is 298 Å². The van der Waals surface area contributed by atoms with Gasteiger partial charge in [0.2, 0.25) is 0 Å². The standard InChI is InChI=1S/C50H44/c1-36(28-31-46(39-19-8-4-9-20-39)38(3)45-27-17-16-18-37(45)2)43-29-32-48(49(34-43)41-23-12-6-13-24-41)44-30-33-47(40-21-10-5-11-22-40)50(35-44)42-25-14-7-15-26-42/h4-17,19,21-27,29-35,38-39H,1-2,18,20,28H2,3H3/b46-31-/t38-,39?/m1/s1. The SMILES string of the molecule is C=C1CC=CC=C1[C@@H](C)/C(=C/CC(=C)c1ccc(-c2ccc(-c3ccccc3)c(-c3ccccc3)c2)c(-c2ccccc2)c1)C1C=CC=CC1. The van der Waals surface area contributed by atoms with Crippen LogP contribution < -0.4 is 0 Å². The largest absolute Gasteiger partial charge is 0.0952 e. The Kier molecular flexibility index (Phi) is 9.99. The highest BCUT2D eigenvalue weighted by atomic mass is 14.3. The van der Waals surface area contributed by atoms with Gasteiger partial charge >= 0.3 is 0 Å². The molecule has 50 heavy (non-hydrogen) atoms. The van der Waals surface area contributed by atoms with Crippen LogP contribution in [0.5, 0.6) is 0 Å². The fraction of sp³-hybridized carbons (Fsp3) is 0.120. The minimum Gasteiger partial charge on any atom is -0.0952 e. The van der Waals surface area contributed by atoms with Crippen molar-refractivity contribution < 1.29 is 0 Å². The van der Waals surface area contributed by atoms with Crippen LogP contribution in [0.2, 0.25) is 0 Å². The molecule has 0 heterocycles. The molecule has 5 aromatic carbocycles. The normalized spacial score (nSPS) is 16.3. The van der Waals surface area contributed by atoms with Gasteiger partial charge in [0.1, 0.15) is 0 Å². The topological polar surface area (TPSA) is 0 Å². The summed E-state index contributed by atoms with van der Waals surface area (Å²) in [6, 6.07) is 46.0. The fourth-order valence-electron chi connectivity index (χ4n) is 7.39. The van der Waals surface area contributed by atoms with E-state index >= 15 is 0 Å². The molecule has 0 radical (unpaired) electrons. The second kappa shape index (κ2) is 15.2. The molecule has 0 amide bonds. The van der Waals surface area contributed by atoms with Gasteiger partial charge in [-0.1, -0.05) is 190 Å². The monoisotopic (exact) mass is 644 g/mol. The van der Waals surface area contributed by atoms with Crippen LogP contribution in [0, 0.1) is 11.8 Å². The predicted molar refractivity (Wildman–Crippen MR) is 216 cm³/mol. The summed E-state index contributed by atoms with van der Waals surface area (Å²) in [6.07, 6.45) is 20.8. The first-order valence-corrected chi connectivity index (χ1v) is 17.8. The molecule has 0 fully saturated rings. The molecule has 0 bridgehead atoms. The lowest BCUT2D eigenvalue weighted by Gasteiger charge is -2.28. The summed E-state index contributed by atoms with van der Waals surface area (Å²) in [5, 5.41) is 0. The van der Waals surface area contributed by atoms with Crippen molar-refractivity contribution >= 4 is 5.57 Å². The van der Waals surface area contributed by atoms with Crippen LogP contribution in [0.1, 0.15) is 31.7 Å². The van der Waals surface area contributed by atoms with Gasteiger partial charge in [-0.2, -0.15) is 0 Å². The Balaban J connectivity index is 1.27. The summed E-state index contributed by atoms with van der Waals surface area (Å²) in [7, 11) is 0. The number of hydrogen-bond acceptors (Lipinski definition) is 0. The summed E-state index contributed by atoms with van der Waals surface area (Å²) in [5.41, 5.74) is 16.0. The van der Waals surface area contributed by atoms with Gasteiger partial charge in [-0.3, -0.25) is 0 Å². The number of allylic oxidation sites excluding steroid dienone is 12. The molecule has 0 spiro atoms. The third-order valence-electron chi connectivity index (χ3n) is 10.2. The van der Waals surface area contributed by atoms with E-state index in [0.29, 0.717) is 11.8 Å². The molecule has 0 aromatic heterocycles. The van der Waals surface area contributed by atoms with Crippen LogP contribution in [-0.4, -0.2) is 0 Å². The van der Waals surface area contributed by atoms with Gasteiger partial charge in [-0.05, 0) is 98.2 Å². The molecule has 0 aliphatic heterocycles. The molecule has 0 saturated heterocycles. The van der Waals surface area contributed by atoms with E-state index in [1.807, 2.05) is 0 Å². The zero-order chi connectivity index (χ0) is 34.3. The fourth-order valence-corrected chi connectivity index (χ4v) is 7.39. The Bertz CT molecular complexity index is 2150. The summed E-state index contributed by atoms with van der Waals surface area (Å²) in [5.74, 6) is 0.670. The lowest BCUT2D eigenvalue weighted by atomic mass is 9.77. The van der Waals surface area contributed by atoms with Gasteiger partial charge in [0.15, 0.2) is 0 Å². The van der Waals surface area contributed by atoms with Gasteiger partial charge in [0.25, 0.3) is 0 Å². The van der Waals surface area contributed by atoms with Crippen LogP contribution in [-0.2, 0) is 0 Å². The molecule has 2 aliphatic rings. The summed E-state index contributed by atoms with van der Waals surface area (Å²) >= 11 is 0. The van der Waals surface area contributed by atoms with Crippen molar-refractivity contribution in [1.29, 1.82) is 0 Å². The van der Waals surface area contributed by atoms with Crippen molar-refractivity contribution in [2.75, 3.05) is 0 Å². The third kappa shape index (κ3) is 7.16. The van der Waals surface area contributed by atoms with E-state index in [1.165, 1.54) is 66.8 Å². The maximum absolute atomic E-state index is 4.65. The van der Waals surface area contributed by atoms with E-state index in [0.717, 1.165) is 24.8 Å². The van der Waals surface area contributed by atoms with E-state index in [1.54, 1.807) is 0 Å². The van der Waals surface area contributed by atoms with E-state index < -0.39 is 0 Å². The van der Waals surface area contributed by atoms with Crippen LogP contribution in [0.25, 0.3) is 50.1 Å². The minimum absolute atomic E-state index is 0.293. The maximum Gasteiger partial charge on any atom is 0.00285 e. The summed E-state index contributed by atoms with van der Waals surface area (Å²) in [6.45, 7) is 11.4. The van der Waals surface area contributed by atoms with Gasteiger partial charge in [0, 0.05) is 11.8 Å². The van der Waals surface area contributed by atoms with E-state index in [4.69, 9.17) is 0 Å². The Hall–Kier alpha value is -5.72. The Morgan fingerprint density at radius 3 is 1.88 bits per heavy atom. The molecule has 1 unspecified atom stereocenters. The first-order chi connectivity index (χ1) is 24.6. The molecule has 2 aliphatic carbocycles. The zero-order valence-electron chi connectivity index (χ0n) is 28.9. The van der Waals surface area contributed by atoms with Crippen molar-refractivity contribution in [3.63, 3.8) is 0 Å². The van der Waals surface area contributed by atoms with Gasteiger partial charge < -0.3 is 0 Å². The number of hydrogen-bond donors (Lipinski definition) is 0. The van der Waals surface area contributed by atoms with Gasteiger partial charge in [-0.25, -0.2) is 0 Å². The molecule has 0 nitrogen and oxygen atoms in total. The van der Waals surface area contributed by atoms with Gasteiger partial charge in [0.05, 0.1) is 0 Å². The minimum atomic E-state index is 0.293. The predicted octanol–water partition coefficient (Wildman–Crippen LogP) is 13.9. The highest BCUT2D eigenvalue weighted by Gasteiger charge is 2.23. The van der Waals surface area contributed by atoms with Crippen molar-refractivity contribution in [2.24, 2.45) is 11.8 Å². The smallest absolute Gasteiger partial charge is 0.00285 e. The van der Waals surface area contributed by atoms with Crippen molar-refractivity contribution in [3.8, 4) is 44.5 Å². The first-order valence-electron chi connectivity index (χ1n) is 17.8. The molecule has 0 heteroatoms. The maximum atomic E-state index is 4.65. The van der Waals surface area contributed by atoms with Crippen LogP contribution in [0.3, 0.4) is 0 Å². The van der Waals surface area contributed by atoms with E-state index in [2.05, 4.69) is 196 Å². The summed E-state index contributed by atoms with van der Waals surface area (Å²) in [4.78, 5) is 0. The highest BCUT2D eigenvalue weighted by molar-refractivity contribution is 5.91. The lowest BCUT2D eigenvalue weighted by Crippen LogP contribution is -2.14. The van der Waals surface area contributed by atoms with Crippen LogP contribution in [0.15, 0.2) is 206 Å². The third-order valence-corrected chi connectivity index (χ3v) is 10.2. The molecule has 7 rings (SSSR count). The molecule has 0 N–H and O–H groups in total. The zero-order valence-corrected chi connectivity index (χ0v) is 28.9. The molecular weight excluding hydrogens is 601 g/mol. The number of benzene rings is 5. The number of rotatable bonds is 10. The summed E-state index contributed by atoms with van der Waals surface area (Å²) < 4.78 is 0. The van der Waals surface area contributed by atoms with Crippen molar-refractivity contribution in [2.45, 2.75) is 26.2 Å². The van der Waals surface area contributed by atoms with E-state index in [9.17, 15) is 0 Å². The Morgan fingerprint density at radius 1 is 0.660 bits per heavy atom. The average molecular weight is 645 g/mol. The van der Waals surface area contributed by atoms with Crippen molar-refractivity contribution in [1.82, 2.24) is 0 Å². The molecule has 244 valence electrons. The first kappa shape index (κ1) is 32.8. The second-order valence-corrected chi connectivity index (χ2v) is 13.4. The lowest BCUT2D eigenvalue weighted by molar-refractivity contribution is 0.645. The average Bonchev–Trinajstić information content (AvgIpc) is 3.19. The molecule has 0 saturated carbocycles. The molecule has 2 atom stereocenters. The van der Waals surface area contributed by atoms with Crippen molar-refractivity contribution in [3.05, 3.63) is 211 Å². The Morgan fingerprint density at radius 2 is 1.26 bits per heavy atom. The second-order valence-electron chi connectivity index (χ2n) is 13.4. The van der Waals surface area contributed by atoms with Crippen LogP contribution >= 0.6 is 0 Å². The van der Waals surface area contributed by atoms with Crippen LogP contribution in [0.4, 0.5) is 0 Å².